The second kappa shape index (κ2) is 10.0. The van der Waals surface area contributed by atoms with Crippen molar-refractivity contribution in [3.63, 3.8) is 0 Å². The van der Waals surface area contributed by atoms with Crippen molar-refractivity contribution < 1.29 is 28.5 Å². The number of methoxy groups -OCH3 is 2. The van der Waals surface area contributed by atoms with Crippen LogP contribution in [0.4, 0.5) is 0 Å². The highest BCUT2D eigenvalue weighted by molar-refractivity contribution is 5.87. The molecule has 7 heteroatoms. The van der Waals surface area contributed by atoms with E-state index in [4.69, 9.17) is 18.9 Å². The first-order chi connectivity index (χ1) is 14.2. The normalized spacial score (nSPS) is 12.5. The number of benzene rings is 2. The number of fused-ring (bicyclic) bond motifs is 2. The summed E-state index contributed by atoms with van der Waals surface area (Å²) in [4.78, 5) is 27.1. The third-order valence-corrected chi connectivity index (χ3v) is 4.74. The number of amides is 1. The number of hydrogen-bond donors (Lipinski definition) is 0. The van der Waals surface area contributed by atoms with Crippen molar-refractivity contribution in [2.45, 2.75) is 5.92 Å². The molecular formula is C22H25NO6. The lowest BCUT2D eigenvalue weighted by atomic mass is 9.88. The van der Waals surface area contributed by atoms with Crippen molar-refractivity contribution in [1.29, 1.82) is 0 Å². The zero-order valence-electron chi connectivity index (χ0n) is 16.6. The van der Waals surface area contributed by atoms with Crippen LogP contribution >= 0.6 is 0 Å². The van der Waals surface area contributed by atoms with E-state index in [1.165, 1.54) is 0 Å². The van der Waals surface area contributed by atoms with Crippen molar-refractivity contribution in [3.8, 4) is 11.5 Å². The predicted molar refractivity (Wildman–Crippen MR) is 106 cm³/mol. The van der Waals surface area contributed by atoms with E-state index in [1.807, 2.05) is 48.5 Å². The Bertz CT molecular complexity index is 799. The number of esters is 1. The summed E-state index contributed by atoms with van der Waals surface area (Å²) in [7, 11) is 3.14. The average Bonchev–Trinajstić information content (AvgIpc) is 2.75. The maximum absolute atomic E-state index is 13.0. The molecule has 1 aliphatic rings. The fourth-order valence-electron chi connectivity index (χ4n) is 3.24. The molecule has 0 unspecified atom stereocenters. The number of para-hydroxylation sites is 2. The fraction of sp³-hybridized carbons (Fsp3) is 0.364. The molecule has 3 rings (SSSR count). The lowest BCUT2D eigenvalue weighted by Crippen LogP contribution is -2.39. The number of hydrogen-bond acceptors (Lipinski definition) is 6. The third kappa shape index (κ3) is 4.93. The molecule has 0 saturated heterocycles. The monoisotopic (exact) mass is 399 g/mol. The molecule has 1 amide bonds. The second-order valence-corrected chi connectivity index (χ2v) is 6.58. The van der Waals surface area contributed by atoms with Gasteiger partial charge in [-0.2, -0.15) is 0 Å². The summed E-state index contributed by atoms with van der Waals surface area (Å²) < 4.78 is 21.4. The van der Waals surface area contributed by atoms with Gasteiger partial charge in [0.05, 0.1) is 13.2 Å². The quantitative estimate of drug-likeness (QED) is 0.604. The molecule has 0 aromatic heterocycles. The molecule has 154 valence electrons. The van der Waals surface area contributed by atoms with Gasteiger partial charge in [0.15, 0.2) is 6.61 Å². The zero-order valence-corrected chi connectivity index (χ0v) is 16.6. The Hall–Kier alpha value is -2.90. The Balaban J connectivity index is 1.73. The summed E-state index contributed by atoms with van der Waals surface area (Å²) >= 11 is 0. The maximum atomic E-state index is 13.0. The van der Waals surface area contributed by atoms with Crippen molar-refractivity contribution in [2.75, 3.05) is 47.1 Å². The number of nitrogens with zero attached hydrogens (tertiary/aromatic N) is 1. The van der Waals surface area contributed by atoms with Crippen LogP contribution in [0.15, 0.2) is 48.5 Å². The van der Waals surface area contributed by atoms with Gasteiger partial charge in [0, 0.05) is 38.4 Å². The van der Waals surface area contributed by atoms with Gasteiger partial charge in [-0.1, -0.05) is 36.4 Å². The summed E-state index contributed by atoms with van der Waals surface area (Å²) in [6, 6.07) is 14.7. The molecule has 2 aromatic carbocycles. The van der Waals surface area contributed by atoms with Crippen LogP contribution in [0.3, 0.4) is 0 Å². The Morgan fingerprint density at radius 1 is 0.897 bits per heavy atom. The molecule has 0 N–H and O–H groups in total. The molecule has 1 aliphatic heterocycles. The molecule has 0 aliphatic carbocycles. The van der Waals surface area contributed by atoms with E-state index in [2.05, 4.69) is 0 Å². The van der Waals surface area contributed by atoms with E-state index >= 15 is 0 Å². The number of rotatable bonds is 9. The molecule has 0 fully saturated rings. The minimum absolute atomic E-state index is 0.291. The standard InChI is InChI=1S/C22H25NO6/c1-26-13-11-23(12-14-27-2)20(24)15-28-22(25)21-16-7-3-5-9-18(16)29-19-10-6-4-8-17(19)21/h3-10,21H,11-15H2,1-2H3. The van der Waals surface area contributed by atoms with Gasteiger partial charge in [-0.25, -0.2) is 0 Å². The Labute approximate surface area is 170 Å². The van der Waals surface area contributed by atoms with Crippen LogP contribution in [0.2, 0.25) is 0 Å². The molecule has 0 saturated carbocycles. The van der Waals surface area contributed by atoms with Crippen molar-refractivity contribution >= 4 is 11.9 Å². The first-order valence-corrected chi connectivity index (χ1v) is 9.43. The van der Waals surface area contributed by atoms with Gasteiger partial charge in [0.25, 0.3) is 5.91 Å². The summed E-state index contributed by atoms with van der Waals surface area (Å²) in [5.74, 6) is -0.195. The van der Waals surface area contributed by atoms with Gasteiger partial charge in [0.2, 0.25) is 0 Å². The number of carbonyl (C=O) groups is 2. The highest BCUT2D eigenvalue weighted by Crippen LogP contribution is 2.44. The van der Waals surface area contributed by atoms with Crippen molar-refractivity contribution in [2.24, 2.45) is 0 Å². The Morgan fingerprint density at radius 2 is 1.41 bits per heavy atom. The molecule has 0 spiro atoms. The molecular weight excluding hydrogens is 374 g/mol. The van der Waals surface area contributed by atoms with Gasteiger partial charge in [-0.3, -0.25) is 9.59 Å². The summed E-state index contributed by atoms with van der Waals surface area (Å²) in [6.07, 6.45) is 0. The van der Waals surface area contributed by atoms with Crippen LogP contribution in [0.25, 0.3) is 0 Å². The number of carbonyl (C=O) groups excluding carboxylic acids is 2. The average molecular weight is 399 g/mol. The highest BCUT2D eigenvalue weighted by Gasteiger charge is 2.34. The molecule has 7 nitrogen and oxygen atoms in total. The SMILES string of the molecule is COCCN(CCOC)C(=O)COC(=O)C1c2ccccc2Oc2ccccc21. The molecule has 0 bridgehead atoms. The highest BCUT2D eigenvalue weighted by atomic mass is 16.5. The fourth-order valence-corrected chi connectivity index (χ4v) is 3.24. The molecule has 1 heterocycles. The Kier molecular flexibility index (Phi) is 7.21. The molecule has 2 aromatic rings. The predicted octanol–water partition coefficient (Wildman–Crippen LogP) is 2.59. The van der Waals surface area contributed by atoms with Gasteiger partial charge < -0.3 is 23.8 Å². The summed E-state index contributed by atoms with van der Waals surface area (Å²) in [6.45, 7) is 1.25. The Morgan fingerprint density at radius 3 is 1.93 bits per heavy atom. The van der Waals surface area contributed by atoms with E-state index in [0.29, 0.717) is 37.8 Å². The van der Waals surface area contributed by atoms with Gasteiger partial charge in [-0.15, -0.1) is 0 Å². The first kappa shape index (κ1) is 20.8. The van der Waals surface area contributed by atoms with Gasteiger partial charge in [-0.05, 0) is 12.1 Å². The van der Waals surface area contributed by atoms with Crippen LogP contribution in [-0.4, -0.2) is 63.9 Å². The largest absolute Gasteiger partial charge is 0.457 e. The molecule has 29 heavy (non-hydrogen) atoms. The van der Waals surface area contributed by atoms with Gasteiger partial charge >= 0.3 is 5.97 Å². The minimum atomic E-state index is -0.643. The summed E-state index contributed by atoms with van der Waals surface area (Å²) in [5.41, 5.74) is 1.44. The lowest BCUT2D eigenvalue weighted by molar-refractivity contribution is -0.153. The van der Waals surface area contributed by atoms with Crippen molar-refractivity contribution in [1.82, 2.24) is 4.90 Å². The minimum Gasteiger partial charge on any atom is -0.457 e. The van der Waals surface area contributed by atoms with Crippen LogP contribution in [-0.2, 0) is 23.8 Å². The first-order valence-electron chi connectivity index (χ1n) is 9.43. The third-order valence-electron chi connectivity index (χ3n) is 4.74. The second-order valence-electron chi connectivity index (χ2n) is 6.58. The van der Waals surface area contributed by atoms with Crippen LogP contribution in [0, 0.1) is 0 Å². The summed E-state index contributed by atoms with van der Waals surface area (Å²) in [5, 5.41) is 0. The molecule has 0 atom stereocenters. The lowest BCUT2D eigenvalue weighted by Gasteiger charge is -2.27. The topological polar surface area (TPSA) is 74.3 Å². The van der Waals surface area contributed by atoms with E-state index in [-0.39, 0.29) is 12.5 Å². The van der Waals surface area contributed by atoms with E-state index in [1.54, 1.807) is 19.1 Å². The van der Waals surface area contributed by atoms with Crippen LogP contribution in [0.5, 0.6) is 11.5 Å². The van der Waals surface area contributed by atoms with Crippen molar-refractivity contribution in [3.05, 3.63) is 59.7 Å². The van der Waals surface area contributed by atoms with Crippen LogP contribution < -0.4 is 4.74 Å². The molecule has 0 radical (unpaired) electrons. The van der Waals surface area contributed by atoms with E-state index in [0.717, 1.165) is 11.1 Å². The van der Waals surface area contributed by atoms with E-state index in [9.17, 15) is 9.59 Å². The maximum Gasteiger partial charge on any atom is 0.318 e. The van der Waals surface area contributed by atoms with E-state index < -0.39 is 11.9 Å². The van der Waals surface area contributed by atoms with Crippen LogP contribution in [0.1, 0.15) is 17.0 Å². The van der Waals surface area contributed by atoms with Gasteiger partial charge in [0.1, 0.15) is 17.4 Å². The zero-order chi connectivity index (χ0) is 20.6. The number of ether oxygens (including phenoxy) is 4. The smallest absolute Gasteiger partial charge is 0.318 e.